The van der Waals surface area contributed by atoms with Gasteiger partial charge in [-0.05, 0) is 18.4 Å². The highest BCUT2D eigenvalue weighted by Crippen LogP contribution is 2.26. The van der Waals surface area contributed by atoms with Gasteiger partial charge in [-0.1, -0.05) is 36.4 Å². The van der Waals surface area contributed by atoms with Crippen molar-refractivity contribution in [3.8, 4) is 0 Å². The van der Waals surface area contributed by atoms with E-state index in [1.165, 1.54) is 10.8 Å². The summed E-state index contributed by atoms with van der Waals surface area (Å²) < 4.78 is 7.32. The second kappa shape index (κ2) is 5.97. The molecule has 4 nitrogen and oxygen atoms in total. The first-order valence-electron chi connectivity index (χ1n) is 7.06. The Morgan fingerprint density at radius 3 is 2.86 bits per heavy atom. The Kier molecular flexibility index (Phi) is 3.88. The van der Waals surface area contributed by atoms with Gasteiger partial charge in [0.15, 0.2) is 0 Å². The third-order valence-electron chi connectivity index (χ3n) is 3.59. The number of imidazole rings is 1. The number of methoxy groups -OCH3 is 1. The van der Waals surface area contributed by atoms with Crippen molar-refractivity contribution in [2.45, 2.75) is 13.0 Å². The van der Waals surface area contributed by atoms with Crippen LogP contribution in [0.2, 0.25) is 0 Å². The van der Waals surface area contributed by atoms with Gasteiger partial charge in [0, 0.05) is 30.6 Å². The van der Waals surface area contributed by atoms with Crippen LogP contribution in [0.4, 0.5) is 11.6 Å². The Morgan fingerprint density at radius 1 is 1.19 bits per heavy atom. The summed E-state index contributed by atoms with van der Waals surface area (Å²) in [4.78, 5) is 4.42. The molecule has 2 aromatic carbocycles. The van der Waals surface area contributed by atoms with Crippen LogP contribution in [-0.4, -0.2) is 23.3 Å². The SMILES string of the molecule is COCC(C)n1ccnc1Nc1cccc2ccccc12. The summed E-state index contributed by atoms with van der Waals surface area (Å²) in [7, 11) is 1.71. The number of fused-ring (bicyclic) bond motifs is 1. The van der Waals surface area contributed by atoms with Gasteiger partial charge in [0.05, 0.1) is 12.6 Å². The van der Waals surface area contributed by atoms with Crippen molar-refractivity contribution >= 4 is 22.4 Å². The van der Waals surface area contributed by atoms with Crippen LogP contribution in [0.5, 0.6) is 0 Å². The third-order valence-corrected chi connectivity index (χ3v) is 3.59. The summed E-state index contributed by atoms with van der Waals surface area (Å²) in [6.45, 7) is 2.76. The predicted molar refractivity (Wildman–Crippen MR) is 86.0 cm³/mol. The van der Waals surface area contributed by atoms with Crippen molar-refractivity contribution in [2.75, 3.05) is 19.0 Å². The maximum Gasteiger partial charge on any atom is 0.207 e. The fourth-order valence-electron chi connectivity index (χ4n) is 2.54. The molecule has 0 saturated carbocycles. The Bertz CT molecular complexity index is 730. The van der Waals surface area contributed by atoms with Crippen molar-refractivity contribution in [2.24, 2.45) is 0 Å². The molecule has 1 unspecified atom stereocenters. The molecule has 0 fully saturated rings. The number of benzene rings is 2. The number of ether oxygens (including phenoxy) is 1. The third kappa shape index (κ3) is 2.76. The van der Waals surface area contributed by atoms with Gasteiger partial charge in [0.2, 0.25) is 5.95 Å². The van der Waals surface area contributed by atoms with Gasteiger partial charge in [-0.25, -0.2) is 4.98 Å². The first-order chi connectivity index (χ1) is 10.3. The molecule has 0 radical (unpaired) electrons. The molecule has 0 saturated heterocycles. The predicted octanol–water partition coefficient (Wildman–Crippen LogP) is 3.99. The molecule has 1 N–H and O–H groups in total. The molecule has 4 heteroatoms. The molecule has 0 aliphatic carbocycles. The number of nitrogens with zero attached hydrogens (tertiary/aromatic N) is 2. The summed E-state index contributed by atoms with van der Waals surface area (Å²) in [5.41, 5.74) is 1.06. The zero-order chi connectivity index (χ0) is 14.7. The number of hydrogen-bond donors (Lipinski definition) is 1. The van der Waals surface area contributed by atoms with E-state index < -0.39 is 0 Å². The second-order valence-corrected chi connectivity index (χ2v) is 5.11. The fraction of sp³-hybridized carbons (Fsp3) is 0.235. The van der Waals surface area contributed by atoms with Gasteiger partial charge in [-0.2, -0.15) is 0 Å². The van der Waals surface area contributed by atoms with Gasteiger partial charge in [0.25, 0.3) is 0 Å². The first kappa shape index (κ1) is 13.6. The molecule has 1 heterocycles. The highest BCUT2D eigenvalue weighted by molar-refractivity contribution is 5.94. The lowest BCUT2D eigenvalue weighted by molar-refractivity contribution is 0.163. The van der Waals surface area contributed by atoms with Gasteiger partial charge < -0.3 is 14.6 Å². The standard InChI is InChI=1S/C17H19N3O/c1-13(12-21-2)20-11-10-18-17(20)19-16-9-5-7-14-6-3-4-8-15(14)16/h3-11,13H,12H2,1-2H3,(H,18,19). The molecule has 1 atom stereocenters. The monoisotopic (exact) mass is 281 g/mol. The summed E-state index contributed by atoms with van der Waals surface area (Å²) in [6.07, 6.45) is 3.77. The molecule has 0 amide bonds. The minimum absolute atomic E-state index is 0.231. The number of hydrogen-bond acceptors (Lipinski definition) is 3. The van der Waals surface area contributed by atoms with E-state index in [-0.39, 0.29) is 6.04 Å². The van der Waals surface area contributed by atoms with Gasteiger partial charge in [-0.3, -0.25) is 0 Å². The zero-order valence-electron chi connectivity index (χ0n) is 12.3. The second-order valence-electron chi connectivity index (χ2n) is 5.11. The van der Waals surface area contributed by atoms with Crippen LogP contribution >= 0.6 is 0 Å². The Hall–Kier alpha value is -2.33. The fourth-order valence-corrected chi connectivity index (χ4v) is 2.54. The molecule has 0 aliphatic rings. The van der Waals surface area contributed by atoms with Crippen molar-refractivity contribution in [1.29, 1.82) is 0 Å². The van der Waals surface area contributed by atoms with E-state index in [9.17, 15) is 0 Å². The maximum absolute atomic E-state index is 5.23. The van der Waals surface area contributed by atoms with Crippen molar-refractivity contribution in [3.05, 3.63) is 54.9 Å². The highest BCUT2D eigenvalue weighted by Gasteiger charge is 2.10. The Morgan fingerprint density at radius 2 is 2.00 bits per heavy atom. The van der Waals surface area contributed by atoms with Crippen LogP contribution < -0.4 is 5.32 Å². The average molecular weight is 281 g/mol. The van der Waals surface area contributed by atoms with Gasteiger partial charge in [-0.15, -0.1) is 0 Å². The van der Waals surface area contributed by atoms with Crippen LogP contribution in [0, 0.1) is 0 Å². The van der Waals surface area contributed by atoms with E-state index in [1.807, 2.05) is 18.3 Å². The van der Waals surface area contributed by atoms with Crippen LogP contribution in [0.15, 0.2) is 54.9 Å². The largest absolute Gasteiger partial charge is 0.383 e. The number of anilines is 2. The molecule has 108 valence electrons. The normalized spacial score (nSPS) is 12.5. The summed E-state index contributed by atoms with van der Waals surface area (Å²) >= 11 is 0. The van der Waals surface area contributed by atoms with E-state index in [4.69, 9.17) is 4.74 Å². The molecule has 1 aromatic heterocycles. The minimum atomic E-state index is 0.231. The van der Waals surface area contributed by atoms with Crippen LogP contribution in [0.3, 0.4) is 0 Å². The maximum atomic E-state index is 5.23. The Labute approximate surface area is 124 Å². The average Bonchev–Trinajstić information content (AvgIpc) is 2.96. The van der Waals surface area contributed by atoms with E-state index in [2.05, 4.69) is 52.1 Å². The molecule has 3 aromatic rings. The molecule has 0 bridgehead atoms. The van der Waals surface area contributed by atoms with Crippen molar-refractivity contribution < 1.29 is 4.74 Å². The Balaban J connectivity index is 1.94. The number of nitrogens with one attached hydrogen (secondary N) is 1. The van der Waals surface area contributed by atoms with E-state index >= 15 is 0 Å². The first-order valence-corrected chi connectivity index (χ1v) is 7.06. The van der Waals surface area contributed by atoms with Crippen LogP contribution in [-0.2, 0) is 4.74 Å². The van der Waals surface area contributed by atoms with Crippen molar-refractivity contribution in [3.63, 3.8) is 0 Å². The summed E-state index contributed by atoms with van der Waals surface area (Å²) in [5, 5.41) is 5.83. The van der Waals surface area contributed by atoms with E-state index in [1.54, 1.807) is 13.3 Å². The molecule has 0 spiro atoms. The lowest BCUT2D eigenvalue weighted by atomic mass is 10.1. The molecular weight excluding hydrogens is 262 g/mol. The highest BCUT2D eigenvalue weighted by atomic mass is 16.5. The van der Waals surface area contributed by atoms with E-state index in [0.717, 1.165) is 11.6 Å². The lowest BCUT2D eigenvalue weighted by Gasteiger charge is -2.17. The smallest absolute Gasteiger partial charge is 0.207 e. The number of rotatable bonds is 5. The van der Waals surface area contributed by atoms with Gasteiger partial charge >= 0.3 is 0 Å². The molecular formula is C17H19N3O. The topological polar surface area (TPSA) is 39.1 Å². The molecule has 21 heavy (non-hydrogen) atoms. The number of aromatic nitrogens is 2. The van der Waals surface area contributed by atoms with Crippen LogP contribution in [0.25, 0.3) is 10.8 Å². The van der Waals surface area contributed by atoms with Gasteiger partial charge in [0.1, 0.15) is 0 Å². The molecule has 3 rings (SSSR count). The zero-order valence-corrected chi connectivity index (χ0v) is 12.3. The lowest BCUT2D eigenvalue weighted by Crippen LogP contribution is -2.12. The van der Waals surface area contributed by atoms with Crippen molar-refractivity contribution in [1.82, 2.24) is 9.55 Å². The van der Waals surface area contributed by atoms with E-state index in [0.29, 0.717) is 6.61 Å². The van der Waals surface area contributed by atoms with Crippen LogP contribution in [0.1, 0.15) is 13.0 Å². The molecule has 0 aliphatic heterocycles. The minimum Gasteiger partial charge on any atom is -0.383 e. The summed E-state index contributed by atoms with van der Waals surface area (Å²) in [5.74, 6) is 0.830. The quantitative estimate of drug-likeness (QED) is 0.768. The summed E-state index contributed by atoms with van der Waals surface area (Å²) in [6, 6.07) is 14.8.